The van der Waals surface area contributed by atoms with E-state index in [4.69, 9.17) is 9.47 Å². The Balaban J connectivity index is 1.82. The van der Waals surface area contributed by atoms with Crippen molar-refractivity contribution in [1.82, 2.24) is 14.7 Å². The Morgan fingerprint density at radius 2 is 1.75 bits per heavy atom. The molecule has 194 valence electrons. The first kappa shape index (κ1) is 27.1. The molecule has 1 aliphatic rings. The van der Waals surface area contributed by atoms with Crippen molar-refractivity contribution >= 4 is 17.7 Å². The zero-order valence-corrected chi connectivity index (χ0v) is 20.7. The fourth-order valence-electron chi connectivity index (χ4n) is 4.03. The van der Waals surface area contributed by atoms with Crippen molar-refractivity contribution in [3.63, 3.8) is 0 Å². The molecule has 0 bridgehead atoms. The summed E-state index contributed by atoms with van der Waals surface area (Å²) in [7, 11) is 1.56. The number of amides is 3. The van der Waals surface area contributed by atoms with Gasteiger partial charge in [0, 0.05) is 38.8 Å². The van der Waals surface area contributed by atoms with Gasteiger partial charge in [0.2, 0.25) is 11.8 Å². The van der Waals surface area contributed by atoms with E-state index in [0.29, 0.717) is 24.9 Å². The molecule has 1 fully saturated rings. The van der Waals surface area contributed by atoms with Gasteiger partial charge in [-0.2, -0.15) is 0 Å². The maximum atomic E-state index is 14.3. The molecule has 36 heavy (non-hydrogen) atoms. The summed E-state index contributed by atoms with van der Waals surface area (Å²) < 4.78 is 38.7. The number of likely N-dealkylation sites (N-methyl/N-ethyl adjacent to an activating group) is 1. The largest absolute Gasteiger partial charge is 0.497 e. The van der Waals surface area contributed by atoms with Crippen molar-refractivity contribution in [2.45, 2.75) is 26.5 Å². The molecule has 0 aliphatic carbocycles. The first-order chi connectivity index (χ1) is 17.2. The fourth-order valence-corrected chi connectivity index (χ4v) is 4.03. The second-order valence-electron chi connectivity index (χ2n) is 8.43. The minimum atomic E-state index is -1.01. The van der Waals surface area contributed by atoms with E-state index < -0.39 is 23.6 Å². The standard InChI is InChI=1S/C26H31F2N3O5/c1-4-29(5-2)25(33)17-36-21-14-30(13-18-6-9-20(35-3)10-7-18)24(32)16-31(15-21)26(34)22-11-8-19(27)12-23(22)28/h6-12,21H,4-5,13-17H2,1-3H3/t21-/m0/s1. The molecule has 0 aromatic heterocycles. The van der Waals surface area contributed by atoms with Crippen molar-refractivity contribution in [2.75, 3.05) is 46.4 Å². The zero-order valence-electron chi connectivity index (χ0n) is 20.7. The van der Waals surface area contributed by atoms with E-state index in [1.807, 2.05) is 26.0 Å². The lowest BCUT2D eigenvalue weighted by Crippen LogP contribution is -2.41. The summed E-state index contributed by atoms with van der Waals surface area (Å²) in [6.07, 6.45) is -0.693. The Labute approximate surface area is 209 Å². The first-order valence-electron chi connectivity index (χ1n) is 11.8. The van der Waals surface area contributed by atoms with Gasteiger partial charge in [0.05, 0.1) is 18.8 Å². The van der Waals surface area contributed by atoms with Crippen LogP contribution in [0, 0.1) is 11.6 Å². The number of hydrogen-bond donors (Lipinski definition) is 0. The van der Waals surface area contributed by atoms with E-state index in [-0.39, 0.29) is 50.2 Å². The molecule has 1 heterocycles. The number of ether oxygens (including phenoxy) is 2. The molecule has 1 atom stereocenters. The van der Waals surface area contributed by atoms with Crippen LogP contribution in [0.3, 0.4) is 0 Å². The van der Waals surface area contributed by atoms with Crippen molar-refractivity contribution in [3.8, 4) is 5.75 Å². The Kier molecular flexibility index (Phi) is 9.35. The van der Waals surface area contributed by atoms with E-state index in [0.717, 1.165) is 17.7 Å². The molecule has 0 spiro atoms. The maximum absolute atomic E-state index is 14.3. The average Bonchev–Trinajstić information content (AvgIpc) is 3.02. The SMILES string of the molecule is CCN(CC)C(=O)CO[C@H]1CN(Cc2ccc(OC)cc2)C(=O)CN(C(=O)c2ccc(F)cc2F)C1. The number of methoxy groups -OCH3 is 1. The van der Waals surface area contributed by atoms with Crippen LogP contribution in [0.25, 0.3) is 0 Å². The van der Waals surface area contributed by atoms with Crippen LogP contribution >= 0.6 is 0 Å². The topological polar surface area (TPSA) is 79.4 Å². The van der Waals surface area contributed by atoms with Gasteiger partial charge in [-0.1, -0.05) is 12.1 Å². The van der Waals surface area contributed by atoms with E-state index in [2.05, 4.69) is 0 Å². The van der Waals surface area contributed by atoms with Crippen molar-refractivity contribution in [3.05, 3.63) is 65.2 Å². The van der Waals surface area contributed by atoms with E-state index >= 15 is 0 Å². The summed E-state index contributed by atoms with van der Waals surface area (Å²) in [4.78, 5) is 43.1. The summed E-state index contributed by atoms with van der Waals surface area (Å²) >= 11 is 0. The first-order valence-corrected chi connectivity index (χ1v) is 11.8. The number of carbonyl (C=O) groups is 3. The van der Waals surface area contributed by atoms with Gasteiger partial charge in [-0.3, -0.25) is 14.4 Å². The van der Waals surface area contributed by atoms with Crippen LogP contribution < -0.4 is 4.74 Å². The van der Waals surface area contributed by atoms with Gasteiger partial charge >= 0.3 is 0 Å². The lowest BCUT2D eigenvalue weighted by Gasteiger charge is -2.26. The summed E-state index contributed by atoms with van der Waals surface area (Å²) in [5.41, 5.74) is 0.497. The molecular weight excluding hydrogens is 472 g/mol. The fraction of sp³-hybridized carbons (Fsp3) is 0.423. The molecule has 3 rings (SSSR count). The Morgan fingerprint density at radius 1 is 1.06 bits per heavy atom. The van der Waals surface area contributed by atoms with Gasteiger partial charge in [0.25, 0.3) is 5.91 Å². The third kappa shape index (κ3) is 6.78. The number of hydrogen-bond acceptors (Lipinski definition) is 5. The van der Waals surface area contributed by atoms with Gasteiger partial charge in [-0.05, 0) is 43.7 Å². The van der Waals surface area contributed by atoms with Crippen LogP contribution in [-0.4, -0.2) is 85.0 Å². The highest BCUT2D eigenvalue weighted by atomic mass is 19.1. The van der Waals surface area contributed by atoms with Gasteiger partial charge in [0.1, 0.15) is 30.5 Å². The monoisotopic (exact) mass is 503 g/mol. The summed E-state index contributed by atoms with van der Waals surface area (Å²) in [6, 6.07) is 9.88. The molecule has 0 N–H and O–H groups in total. The van der Waals surface area contributed by atoms with Crippen LogP contribution in [0.2, 0.25) is 0 Å². The lowest BCUT2D eigenvalue weighted by atomic mass is 10.1. The number of carbonyl (C=O) groups excluding carboxylic acids is 3. The molecule has 8 nitrogen and oxygen atoms in total. The molecule has 2 aromatic carbocycles. The second kappa shape index (κ2) is 12.4. The van der Waals surface area contributed by atoms with Gasteiger partial charge in [0.15, 0.2) is 0 Å². The summed E-state index contributed by atoms with van der Waals surface area (Å²) in [6.45, 7) is 4.59. The number of rotatable bonds is 9. The van der Waals surface area contributed by atoms with E-state index in [9.17, 15) is 23.2 Å². The maximum Gasteiger partial charge on any atom is 0.257 e. The smallest absolute Gasteiger partial charge is 0.257 e. The van der Waals surface area contributed by atoms with E-state index in [1.54, 1.807) is 29.0 Å². The highest BCUT2D eigenvalue weighted by molar-refractivity contribution is 5.97. The summed E-state index contributed by atoms with van der Waals surface area (Å²) in [5, 5.41) is 0. The highest BCUT2D eigenvalue weighted by Gasteiger charge is 2.33. The third-order valence-electron chi connectivity index (χ3n) is 6.07. The predicted molar refractivity (Wildman–Crippen MR) is 128 cm³/mol. The molecule has 2 aromatic rings. The van der Waals surface area contributed by atoms with Gasteiger partial charge in [-0.15, -0.1) is 0 Å². The molecule has 1 aliphatic heterocycles. The van der Waals surface area contributed by atoms with Crippen LogP contribution in [0.15, 0.2) is 42.5 Å². The molecule has 10 heteroatoms. The quantitative estimate of drug-likeness (QED) is 0.526. The molecule has 0 unspecified atom stereocenters. The van der Waals surface area contributed by atoms with Gasteiger partial charge < -0.3 is 24.2 Å². The molecule has 0 radical (unpaired) electrons. The van der Waals surface area contributed by atoms with Crippen LogP contribution in [0.4, 0.5) is 8.78 Å². The number of halogens is 2. The molecule has 3 amide bonds. The summed E-state index contributed by atoms with van der Waals surface area (Å²) in [5.74, 6) is -2.47. The Hall–Kier alpha value is -3.53. The number of benzene rings is 2. The Morgan fingerprint density at radius 3 is 2.36 bits per heavy atom. The lowest BCUT2D eigenvalue weighted by molar-refractivity contribution is -0.138. The third-order valence-corrected chi connectivity index (χ3v) is 6.07. The van der Waals surface area contributed by atoms with Crippen molar-refractivity contribution < 1.29 is 32.6 Å². The van der Waals surface area contributed by atoms with Crippen LogP contribution in [0.5, 0.6) is 5.75 Å². The molecular formula is C26H31F2N3O5. The minimum absolute atomic E-state index is 0.0357. The second-order valence-corrected chi connectivity index (χ2v) is 8.43. The van der Waals surface area contributed by atoms with Crippen LogP contribution in [0.1, 0.15) is 29.8 Å². The Bertz CT molecular complexity index is 1080. The average molecular weight is 504 g/mol. The number of nitrogens with zero attached hydrogens (tertiary/aromatic N) is 3. The van der Waals surface area contributed by atoms with Crippen molar-refractivity contribution in [1.29, 1.82) is 0 Å². The van der Waals surface area contributed by atoms with Crippen LogP contribution in [-0.2, 0) is 20.9 Å². The van der Waals surface area contributed by atoms with Gasteiger partial charge in [-0.25, -0.2) is 8.78 Å². The molecule has 1 saturated heterocycles. The zero-order chi connectivity index (χ0) is 26.2. The predicted octanol–water partition coefficient (Wildman–Crippen LogP) is 2.71. The highest BCUT2D eigenvalue weighted by Crippen LogP contribution is 2.19. The van der Waals surface area contributed by atoms with Crippen molar-refractivity contribution in [2.24, 2.45) is 0 Å². The minimum Gasteiger partial charge on any atom is -0.497 e. The normalized spacial score (nSPS) is 16.0. The van der Waals surface area contributed by atoms with E-state index in [1.165, 1.54) is 4.90 Å². The molecule has 0 saturated carbocycles.